The van der Waals surface area contributed by atoms with Gasteiger partial charge in [-0.1, -0.05) is 38.8 Å². The topological polar surface area (TPSA) is 29.1 Å². The SMILES string of the molecule is CC1CCC(C(C)C)C(NC(=O)c2ccc(Br)c(Cl)c2)C1. The van der Waals surface area contributed by atoms with Gasteiger partial charge < -0.3 is 5.32 Å². The van der Waals surface area contributed by atoms with Crippen molar-refractivity contribution in [3.8, 4) is 0 Å². The highest BCUT2D eigenvalue weighted by atomic mass is 79.9. The van der Waals surface area contributed by atoms with E-state index < -0.39 is 0 Å². The fourth-order valence-electron chi connectivity index (χ4n) is 3.26. The summed E-state index contributed by atoms with van der Waals surface area (Å²) >= 11 is 9.43. The average molecular weight is 373 g/mol. The molecule has 0 radical (unpaired) electrons. The lowest BCUT2D eigenvalue weighted by Crippen LogP contribution is -2.45. The zero-order chi connectivity index (χ0) is 15.6. The summed E-state index contributed by atoms with van der Waals surface area (Å²) in [6.07, 6.45) is 3.53. The third kappa shape index (κ3) is 4.23. The average Bonchev–Trinajstić information content (AvgIpc) is 2.41. The molecule has 3 atom stereocenters. The Morgan fingerprint density at radius 1 is 1.38 bits per heavy atom. The molecule has 0 spiro atoms. The largest absolute Gasteiger partial charge is 0.349 e. The fraction of sp³-hybridized carbons (Fsp3) is 0.588. The van der Waals surface area contributed by atoms with E-state index in [4.69, 9.17) is 11.6 Å². The van der Waals surface area contributed by atoms with Gasteiger partial charge in [0.15, 0.2) is 0 Å². The Bertz CT molecular complexity index is 518. The Morgan fingerprint density at radius 2 is 2.10 bits per heavy atom. The highest BCUT2D eigenvalue weighted by Gasteiger charge is 2.31. The van der Waals surface area contributed by atoms with Gasteiger partial charge in [-0.25, -0.2) is 0 Å². The molecule has 1 fully saturated rings. The predicted octanol–water partition coefficient (Wildman–Crippen LogP) is 5.29. The highest BCUT2D eigenvalue weighted by Crippen LogP contribution is 2.33. The minimum Gasteiger partial charge on any atom is -0.349 e. The molecule has 0 saturated heterocycles. The van der Waals surface area contributed by atoms with Crippen LogP contribution in [0.3, 0.4) is 0 Å². The van der Waals surface area contributed by atoms with Crippen LogP contribution in [0.15, 0.2) is 22.7 Å². The lowest BCUT2D eigenvalue weighted by Gasteiger charge is -2.37. The molecule has 1 aliphatic rings. The number of nitrogens with one attached hydrogen (secondary N) is 1. The zero-order valence-electron chi connectivity index (χ0n) is 12.8. The zero-order valence-corrected chi connectivity index (χ0v) is 15.2. The van der Waals surface area contributed by atoms with Crippen molar-refractivity contribution in [3.05, 3.63) is 33.3 Å². The van der Waals surface area contributed by atoms with Gasteiger partial charge in [0.1, 0.15) is 0 Å². The molecule has 21 heavy (non-hydrogen) atoms. The summed E-state index contributed by atoms with van der Waals surface area (Å²) in [6.45, 7) is 6.76. The number of benzene rings is 1. The number of carbonyl (C=O) groups is 1. The smallest absolute Gasteiger partial charge is 0.251 e. The first-order valence-corrected chi connectivity index (χ1v) is 8.81. The van der Waals surface area contributed by atoms with E-state index in [1.807, 2.05) is 12.1 Å². The Hall–Kier alpha value is -0.540. The van der Waals surface area contributed by atoms with Gasteiger partial charge in [-0.15, -0.1) is 0 Å². The number of amides is 1. The van der Waals surface area contributed by atoms with Crippen molar-refractivity contribution in [2.45, 2.75) is 46.1 Å². The predicted molar refractivity (Wildman–Crippen MR) is 91.7 cm³/mol. The maximum Gasteiger partial charge on any atom is 0.251 e. The molecule has 0 aromatic heterocycles. The molecule has 2 nitrogen and oxygen atoms in total. The van der Waals surface area contributed by atoms with Gasteiger partial charge in [0.2, 0.25) is 0 Å². The van der Waals surface area contributed by atoms with Crippen LogP contribution in [0.25, 0.3) is 0 Å². The van der Waals surface area contributed by atoms with E-state index in [1.54, 1.807) is 6.07 Å². The Kier molecular flexibility index (Phi) is 5.73. The molecular formula is C17H23BrClNO. The Labute approximate surface area is 140 Å². The maximum atomic E-state index is 12.5. The highest BCUT2D eigenvalue weighted by molar-refractivity contribution is 9.10. The van der Waals surface area contributed by atoms with Crippen molar-refractivity contribution in [1.29, 1.82) is 0 Å². The summed E-state index contributed by atoms with van der Waals surface area (Å²) in [5, 5.41) is 3.80. The molecule has 1 aromatic carbocycles. The van der Waals surface area contributed by atoms with E-state index >= 15 is 0 Å². The van der Waals surface area contributed by atoms with Crippen LogP contribution in [-0.4, -0.2) is 11.9 Å². The van der Waals surface area contributed by atoms with Crippen LogP contribution < -0.4 is 5.32 Å². The van der Waals surface area contributed by atoms with Gasteiger partial charge in [0.05, 0.1) is 5.02 Å². The summed E-state index contributed by atoms with van der Waals surface area (Å²) < 4.78 is 0.812. The van der Waals surface area contributed by atoms with Crippen molar-refractivity contribution in [2.75, 3.05) is 0 Å². The molecule has 4 heteroatoms. The van der Waals surface area contributed by atoms with Crippen LogP contribution in [0.2, 0.25) is 5.02 Å². The second kappa shape index (κ2) is 7.15. The van der Waals surface area contributed by atoms with Crippen molar-refractivity contribution < 1.29 is 4.79 Å². The summed E-state index contributed by atoms with van der Waals surface area (Å²) in [7, 11) is 0. The lowest BCUT2D eigenvalue weighted by atomic mass is 9.74. The standard InChI is InChI=1S/C17H23BrClNO/c1-10(2)13-6-4-11(3)8-16(13)20-17(21)12-5-7-14(18)15(19)9-12/h5,7,9-11,13,16H,4,6,8H2,1-3H3,(H,20,21). The Balaban J connectivity index is 2.10. The van der Waals surface area contributed by atoms with Crippen molar-refractivity contribution >= 4 is 33.4 Å². The maximum absolute atomic E-state index is 12.5. The molecule has 2 rings (SSSR count). The van der Waals surface area contributed by atoms with E-state index in [1.165, 1.54) is 12.8 Å². The first-order chi connectivity index (χ1) is 9.88. The summed E-state index contributed by atoms with van der Waals surface area (Å²) in [4.78, 5) is 12.5. The molecule has 3 unspecified atom stereocenters. The van der Waals surface area contributed by atoms with Crippen LogP contribution in [0.4, 0.5) is 0 Å². The molecule has 0 heterocycles. The normalized spacial score (nSPS) is 25.9. The van der Waals surface area contributed by atoms with E-state index in [0.29, 0.717) is 28.3 Å². The number of halogens is 2. The van der Waals surface area contributed by atoms with Crippen molar-refractivity contribution in [3.63, 3.8) is 0 Å². The van der Waals surface area contributed by atoms with Crippen LogP contribution >= 0.6 is 27.5 Å². The molecule has 1 aromatic rings. The Morgan fingerprint density at radius 3 is 2.71 bits per heavy atom. The molecule has 0 aliphatic heterocycles. The van der Waals surface area contributed by atoms with Crippen LogP contribution in [0.5, 0.6) is 0 Å². The second-order valence-electron chi connectivity index (χ2n) is 6.53. The lowest BCUT2D eigenvalue weighted by molar-refractivity contribution is 0.0868. The van der Waals surface area contributed by atoms with Gasteiger partial charge in [-0.2, -0.15) is 0 Å². The molecule has 1 amide bonds. The summed E-state index contributed by atoms with van der Waals surface area (Å²) in [5.74, 6) is 1.82. The number of hydrogen-bond donors (Lipinski definition) is 1. The molecule has 116 valence electrons. The van der Waals surface area contributed by atoms with E-state index in [-0.39, 0.29) is 11.9 Å². The van der Waals surface area contributed by atoms with Crippen molar-refractivity contribution in [2.24, 2.45) is 17.8 Å². The third-order valence-corrected chi connectivity index (χ3v) is 5.75. The first-order valence-electron chi connectivity index (χ1n) is 7.64. The molecule has 1 saturated carbocycles. The van der Waals surface area contributed by atoms with Gasteiger partial charge in [0, 0.05) is 16.1 Å². The van der Waals surface area contributed by atoms with Crippen LogP contribution in [0, 0.1) is 17.8 Å². The monoisotopic (exact) mass is 371 g/mol. The molecule has 0 bridgehead atoms. The molecular weight excluding hydrogens is 350 g/mol. The number of rotatable bonds is 3. The van der Waals surface area contributed by atoms with Gasteiger partial charge in [-0.3, -0.25) is 4.79 Å². The number of hydrogen-bond acceptors (Lipinski definition) is 1. The minimum atomic E-state index is -0.0193. The second-order valence-corrected chi connectivity index (χ2v) is 7.80. The minimum absolute atomic E-state index is 0.0193. The van der Waals surface area contributed by atoms with Gasteiger partial charge in [-0.05, 0) is 64.7 Å². The molecule has 1 aliphatic carbocycles. The fourth-order valence-corrected chi connectivity index (χ4v) is 3.68. The van der Waals surface area contributed by atoms with E-state index in [0.717, 1.165) is 10.9 Å². The van der Waals surface area contributed by atoms with Gasteiger partial charge >= 0.3 is 0 Å². The summed E-state index contributed by atoms with van der Waals surface area (Å²) in [6, 6.07) is 5.61. The summed E-state index contributed by atoms with van der Waals surface area (Å²) in [5.41, 5.74) is 0.629. The first kappa shape index (κ1) is 16.8. The van der Waals surface area contributed by atoms with Crippen LogP contribution in [-0.2, 0) is 0 Å². The quantitative estimate of drug-likeness (QED) is 0.767. The van der Waals surface area contributed by atoms with Crippen molar-refractivity contribution in [1.82, 2.24) is 5.32 Å². The number of carbonyl (C=O) groups excluding carboxylic acids is 1. The van der Waals surface area contributed by atoms with Crippen LogP contribution in [0.1, 0.15) is 50.4 Å². The van der Waals surface area contributed by atoms with Gasteiger partial charge in [0.25, 0.3) is 5.91 Å². The van der Waals surface area contributed by atoms with E-state index in [2.05, 4.69) is 42.0 Å². The third-order valence-electron chi connectivity index (χ3n) is 4.52. The van der Waals surface area contributed by atoms with E-state index in [9.17, 15) is 4.79 Å². The molecule has 1 N–H and O–H groups in total.